The van der Waals surface area contributed by atoms with Gasteiger partial charge in [-0.2, -0.15) is 0 Å². The van der Waals surface area contributed by atoms with Crippen LogP contribution >= 0.6 is 0 Å². The number of hydrogen-bond donors (Lipinski definition) is 0. The van der Waals surface area contributed by atoms with Gasteiger partial charge in [0, 0.05) is 36.7 Å². The number of benzene rings is 2. The Labute approximate surface area is 188 Å². The van der Waals surface area contributed by atoms with E-state index in [0.717, 1.165) is 16.9 Å². The molecule has 0 bridgehead atoms. The Kier molecular flexibility index (Phi) is 5.91. The van der Waals surface area contributed by atoms with Gasteiger partial charge in [0.05, 0.1) is 19.3 Å². The number of hydrogen-bond acceptors (Lipinski definition) is 5. The molecule has 2 aromatic carbocycles. The van der Waals surface area contributed by atoms with Gasteiger partial charge in [-0.1, -0.05) is 12.1 Å². The van der Waals surface area contributed by atoms with Crippen molar-refractivity contribution in [2.45, 2.75) is 32.3 Å². The fourth-order valence-corrected chi connectivity index (χ4v) is 4.07. The second kappa shape index (κ2) is 8.65. The maximum absolute atomic E-state index is 12.7. The third-order valence-electron chi connectivity index (χ3n) is 5.68. The summed E-state index contributed by atoms with van der Waals surface area (Å²) in [6.07, 6.45) is 1.25. The largest absolute Gasteiger partial charge is 0.497 e. The first kappa shape index (κ1) is 21.9. The lowest BCUT2D eigenvalue weighted by Crippen LogP contribution is -2.35. The maximum Gasteiger partial charge on any atom is 0.410 e. The van der Waals surface area contributed by atoms with Crippen molar-refractivity contribution < 1.29 is 23.8 Å². The number of amides is 2. The average molecular weight is 437 g/mol. The quantitative estimate of drug-likeness (QED) is 0.699. The lowest BCUT2D eigenvalue weighted by atomic mass is 9.89. The minimum Gasteiger partial charge on any atom is -0.497 e. The average Bonchev–Trinajstić information content (AvgIpc) is 3.35. The van der Waals surface area contributed by atoms with E-state index >= 15 is 0 Å². The van der Waals surface area contributed by atoms with Crippen LogP contribution in [0.3, 0.4) is 0 Å². The summed E-state index contributed by atoms with van der Waals surface area (Å²) >= 11 is 0. The Morgan fingerprint density at radius 1 is 1.09 bits per heavy atom. The molecule has 32 heavy (non-hydrogen) atoms. The predicted molar refractivity (Wildman–Crippen MR) is 121 cm³/mol. The summed E-state index contributed by atoms with van der Waals surface area (Å²) in [6.45, 7) is 7.07. The molecule has 0 radical (unpaired) electrons. The SMILES string of the molecule is COc1ccc([C@@H]2CN(C(=O)OC(C)(C)C)C[C@@H]2COc2ccc3c(c2)C(=O)N=C3)cc1. The van der Waals surface area contributed by atoms with E-state index in [0.29, 0.717) is 31.0 Å². The van der Waals surface area contributed by atoms with Crippen LogP contribution in [-0.4, -0.2) is 55.5 Å². The number of carbonyl (C=O) groups excluding carboxylic acids is 2. The Balaban J connectivity index is 1.50. The van der Waals surface area contributed by atoms with Crippen molar-refractivity contribution in [1.29, 1.82) is 0 Å². The van der Waals surface area contributed by atoms with Crippen LogP contribution < -0.4 is 9.47 Å². The Morgan fingerprint density at radius 2 is 1.81 bits per heavy atom. The van der Waals surface area contributed by atoms with E-state index in [-0.39, 0.29) is 23.8 Å². The third-order valence-corrected chi connectivity index (χ3v) is 5.68. The van der Waals surface area contributed by atoms with Crippen molar-refractivity contribution in [3.05, 3.63) is 59.2 Å². The van der Waals surface area contributed by atoms with E-state index in [2.05, 4.69) is 4.99 Å². The van der Waals surface area contributed by atoms with Crippen molar-refractivity contribution in [3.63, 3.8) is 0 Å². The number of rotatable bonds is 5. The van der Waals surface area contributed by atoms with Crippen LogP contribution in [0.5, 0.6) is 11.5 Å². The van der Waals surface area contributed by atoms with Crippen LogP contribution in [0.4, 0.5) is 4.79 Å². The van der Waals surface area contributed by atoms with Crippen LogP contribution in [0.25, 0.3) is 0 Å². The highest BCUT2D eigenvalue weighted by Gasteiger charge is 2.38. The van der Waals surface area contributed by atoms with Crippen molar-refractivity contribution in [2.24, 2.45) is 10.9 Å². The zero-order valence-corrected chi connectivity index (χ0v) is 18.8. The number of ether oxygens (including phenoxy) is 3. The zero-order chi connectivity index (χ0) is 22.9. The summed E-state index contributed by atoms with van der Waals surface area (Å²) in [5.41, 5.74) is 1.91. The fraction of sp³-hybridized carbons (Fsp3) is 0.400. The van der Waals surface area contributed by atoms with E-state index < -0.39 is 5.60 Å². The van der Waals surface area contributed by atoms with E-state index in [1.54, 1.807) is 24.3 Å². The molecular formula is C25H28N2O5. The van der Waals surface area contributed by atoms with Crippen molar-refractivity contribution in [2.75, 3.05) is 26.8 Å². The normalized spacial score (nSPS) is 19.8. The minimum absolute atomic E-state index is 0.0659. The van der Waals surface area contributed by atoms with Crippen molar-refractivity contribution in [1.82, 2.24) is 4.90 Å². The van der Waals surface area contributed by atoms with E-state index in [4.69, 9.17) is 14.2 Å². The van der Waals surface area contributed by atoms with Gasteiger partial charge in [0.2, 0.25) is 0 Å². The van der Waals surface area contributed by atoms with Crippen molar-refractivity contribution >= 4 is 18.2 Å². The second-order valence-electron chi connectivity index (χ2n) is 9.15. The number of fused-ring (bicyclic) bond motifs is 1. The van der Waals surface area contributed by atoms with E-state index in [1.165, 1.54) is 0 Å². The first-order chi connectivity index (χ1) is 15.2. The summed E-state index contributed by atoms with van der Waals surface area (Å²) in [5.74, 6) is 1.31. The molecule has 0 unspecified atom stereocenters. The highest BCUT2D eigenvalue weighted by molar-refractivity contribution is 6.13. The Morgan fingerprint density at radius 3 is 2.50 bits per heavy atom. The molecule has 1 fully saturated rings. The van der Waals surface area contributed by atoms with Crippen LogP contribution in [0.15, 0.2) is 47.5 Å². The molecule has 0 aliphatic carbocycles. The predicted octanol–water partition coefficient (Wildman–Crippen LogP) is 4.30. The molecule has 2 heterocycles. The van der Waals surface area contributed by atoms with E-state index in [1.807, 2.05) is 57.2 Å². The summed E-state index contributed by atoms with van der Waals surface area (Å²) in [7, 11) is 1.64. The Hall–Kier alpha value is -3.35. The highest BCUT2D eigenvalue weighted by Crippen LogP contribution is 2.35. The first-order valence-electron chi connectivity index (χ1n) is 10.7. The first-order valence-corrected chi connectivity index (χ1v) is 10.7. The highest BCUT2D eigenvalue weighted by atomic mass is 16.6. The van der Waals surface area contributed by atoms with Gasteiger partial charge in [-0.3, -0.25) is 4.79 Å². The molecule has 0 saturated carbocycles. The van der Waals surface area contributed by atoms with Gasteiger partial charge in [-0.25, -0.2) is 9.79 Å². The summed E-state index contributed by atoms with van der Waals surface area (Å²) in [6, 6.07) is 13.3. The topological polar surface area (TPSA) is 77.4 Å². The minimum atomic E-state index is -0.555. The Bertz CT molecular complexity index is 1040. The van der Waals surface area contributed by atoms with Gasteiger partial charge in [0.15, 0.2) is 0 Å². The monoisotopic (exact) mass is 436 g/mol. The molecule has 2 aliphatic heterocycles. The van der Waals surface area contributed by atoms with Crippen LogP contribution in [0.2, 0.25) is 0 Å². The molecular weight excluding hydrogens is 408 g/mol. The van der Waals surface area contributed by atoms with Gasteiger partial charge in [-0.05, 0) is 56.7 Å². The summed E-state index contributed by atoms with van der Waals surface area (Å²) in [5, 5.41) is 0. The maximum atomic E-state index is 12.7. The number of carbonyl (C=O) groups is 2. The number of aliphatic imine (C=N–C) groups is 1. The molecule has 2 aromatic rings. The molecule has 0 N–H and O–H groups in total. The lowest BCUT2D eigenvalue weighted by Gasteiger charge is -2.24. The second-order valence-corrected chi connectivity index (χ2v) is 9.15. The molecule has 7 heteroatoms. The molecule has 0 aromatic heterocycles. The van der Waals surface area contributed by atoms with E-state index in [9.17, 15) is 9.59 Å². The van der Waals surface area contributed by atoms with Gasteiger partial charge in [-0.15, -0.1) is 0 Å². The lowest BCUT2D eigenvalue weighted by molar-refractivity contribution is 0.0283. The van der Waals surface area contributed by atoms with Crippen LogP contribution in [-0.2, 0) is 4.74 Å². The molecule has 2 aliphatic rings. The number of methoxy groups -OCH3 is 1. The molecule has 7 nitrogen and oxygen atoms in total. The number of nitrogens with zero attached hydrogens (tertiary/aromatic N) is 2. The smallest absolute Gasteiger partial charge is 0.410 e. The summed E-state index contributed by atoms with van der Waals surface area (Å²) < 4.78 is 16.9. The third kappa shape index (κ3) is 4.77. The molecule has 4 rings (SSSR count). The molecule has 2 atom stereocenters. The molecule has 2 amide bonds. The number of likely N-dealkylation sites (tertiary alicyclic amines) is 1. The van der Waals surface area contributed by atoms with Gasteiger partial charge >= 0.3 is 6.09 Å². The fourth-order valence-electron chi connectivity index (χ4n) is 4.07. The van der Waals surface area contributed by atoms with Gasteiger partial charge < -0.3 is 19.1 Å². The summed E-state index contributed by atoms with van der Waals surface area (Å²) in [4.78, 5) is 30.2. The van der Waals surface area contributed by atoms with Gasteiger partial charge in [0.1, 0.15) is 17.1 Å². The molecule has 168 valence electrons. The van der Waals surface area contributed by atoms with Gasteiger partial charge in [0.25, 0.3) is 5.91 Å². The van der Waals surface area contributed by atoms with Crippen LogP contribution in [0.1, 0.15) is 48.2 Å². The van der Waals surface area contributed by atoms with Crippen molar-refractivity contribution in [3.8, 4) is 11.5 Å². The molecule has 1 saturated heterocycles. The van der Waals surface area contributed by atoms with Crippen LogP contribution in [0, 0.1) is 5.92 Å². The molecule has 0 spiro atoms. The zero-order valence-electron chi connectivity index (χ0n) is 18.8. The standard InChI is InChI=1S/C25H28N2O5/c1-25(2,3)32-24(29)27-13-18(22(14-27)16-5-8-19(30-4)9-6-16)15-31-20-10-7-17-12-26-23(28)21(17)11-20/h5-12,18,22H,13-15H2,1-4H3/t18-,22+/m1/s1.